The lowest BCUT2D eigenvalue weighted by molar-refractivity contribution is 0.0860. The van der Waals surface area contributed by atoms with Crippen LogP contribution in [0.15, 0.2) is 5.51 Å². The minimum absolute atomic E-state index is 0.0366. The molecule has 15 heavy (non-hydrogen) atoms. The highest BCUT2D eigenvalue weighted by Crippen LogP contribution is 2.13. The number of nitrogens with one attached hydrogen (secondary N) is 1. The number of rotatable bonds is 3. The van der Waals surface area contributed by atoms with Gasteiger partial charge in [0.2, 0.25) is 0 Å². The Bertz CT molecular complexity index is 345. The fraction of sp³-hybridized carbons (Fsp3) is 0.600. The molecule has 1 N–H and O–H groups in total. The van der Waals surface area contributed by atoms with Crippen molar-refractivity contribution in [3.05, 3.63) is 16.1 Å². The van der Waals surface area contributed by atoms with Crippen molar-refractivity contribution in [3.63, 3.8) is 0 Å². The first-order chi connectivity index (χ1) is 7.27. The lowest BCUT2D eigenvalue weighted by Gasteiger charge is -2.09. The summed E-state index contributed by atoms with van der Waals surface area (Å²) in [6.07, 6.45) is 2.34. The molecule has 0 aromatic carbocycles. The van der Waals surface area contributed by atoms with Crippen LogP contribution in [0.2, 0.25) is 0 Å². The number of thiazole rings is 1. The second kappa shape index (κ2) is 4.72. The van der Waals surface area contributed by atoms with Crippen molar-refractivity contribution in [1.29, 1.82) is 0 Å². The summed E-state index contributed by atoms with van der Waals surface area (Å²) in [4.78, 5) is 16.4. The maximum atomic E-state index is 11.7. The lowest BCUT2D eigenvalue weighted by atomic mass is 10.2. The van der Waals surface area contributed by atoms with Crippen molar-refractivity contribution >= 4 is 17.2 Å². The fourth-order valence-corrected chi connectivity index (χ4v) is 2.33. The van der Waals surface area contributed by atoms with E-state index in [1.807, 2.05) is 6.92 Å². The Morgan fingerprint density at radius 2 is 2.67 bits per heavy atom. The van der Waals surface area contributed by atoms with Gasteiger partial charge in [0.25, 0.3) is 5.91 Å². The predicted octanol–water partition coefficient (Wildman–Crippen LogP) is 1.36. The topological polar surface area (TPSA) is 51.2 Å². The molecule has 0 aliphatic carbocycles. The van der Waals surface area contributed by atoms with Gasteiger partial charge in [-0.1, -0.05) is 0 Å². The molecule has 0 radical (unpaired) electrons. The highest BCUT2D eigenvalue weighted by atomic mass is 32.1. The maximum absolute atomic E-state index is 11.7. The molecule has 0 bridgehead atoms. The van der Waals surface area contributed by atoms with E-state index < -0.39 is 0 Å². The van der Waals surface area contributed by atoms with Crippen LogP contribution in [0.1, 0.15) is 28.2 Å². The molecule has 1 aromatic rings. The Labute approximate surface area is 92.7 Å². The van der Waals surface area contributed by atoms with Gasteiger partial charge in [-0.3, -0.25) is 4.79 Å². The molecule has 2 heterocycles. The smallest absolute Gasteiger partial charge is 0.263 e. The van der Waals surface area contributed by atoms with Gasteiger partial charge in [-0.05, 0) is 19.8 Å². The lowest BCUT2D eigenvalue weighted by Crippen LogP contribution is -2.31. The Morgan fingerprint density at radius 3 is 3.27 bits per heavy atom. The van der Waals surface area contributed by atoms with Crippen molar-refractivity contribution in [2.75, 3.05) is 13.2 Å². The zero-order valence-corrected chi connectivity index (χ0v) is 9.47. The van der Waals surface area contributed by atoms with E-state index in [2.05, 4.69) is 10.3 Å². The van der Waals surface area contributed by atoms with Gasteiger partial charge in [0.05, 0.1) is 17.3 Å². The summed E-state index contributed by atoms with van der Waals surface area (Å²) in [7, 11) is 0. The minimum atomic E-state index is -0.0366. The average molecular weight is 226 g/mol. The molecule has 0 saturated carbocycles. The molecule has 0 spiro atoms. The molecule has 82 valence electrons. The number of hydrogen-bond acceptors (Lipinski definition) is 4. The summed E-state index contributed by atoms with van der Waals surface area (Å²) in [5.41, 5.74) is 2.49. The van der Waals surface area contributed by atoms with Crippen LogP contribution in [-0.4, -0.2) is 30.1 Å². The quantitative estimate of drug-likeness (QED) is 0.846. The van der Waals surface area contributed by atoms with Crippen LogP contribution in [0.5, 0.6) is 0 Å². The minimum Gasteiger partial charge on any atom is -0.376 e. The molecule has 1 saturated heterocycles. The van der Waals surface area contributed by atoms with Gasteiger partial charge >= 0.3 is 0 Å². The number of carbonyl (C=O) groups is 1. The number of nitrogens with zero attached hydrogens (tertiary/aromatic N) is 1. The van der Waals surface area contributed by atoms with E-state index in [9.17, 15) is 4.79 Å². The van der Waals surface area contributed by atoms with Gasteiger partial charge in [0, 0.05) is 13.2 Å². The van der Waals surface area contributed by atoms with Crippen molar-refractivity contribution < 1.29 is 9.53 Å². The summed E-state index contributed by atoms with van der Waals surface area (Å²) in [6.45, 7) is 3.27. The third-order valence-corrected chi connectivity index (χ3v) is 3.39. The molecule has 1 fully saturated rings. The van der Waals surface area contributed by atoms with E-state index in [-0.39, 0.29) is 12.0 Å². The van der Waals surface area contributed by atoms with E-state index >= 15 is 0 Å². The molecular formula is C10H14N2O2S. The molecular weight excluding hydrogens is 212 g/mol. The molecule has 1 atom stereocenters. The number of amides is 1. The van der Waals surface area contributed by atoms with Crippen LogP contribution in [0.3, 0.4) is 0 Å². The van der Waals surface area contributed by atoms with Gasteiger partial charge in [0.15, 0.2) is 0 Å². The van der Waals surface area contributed by atoms with Crippen LogP contribution in [0.25, 0.3) is 0 Å². The molecule has 5 heteroatoms. The summed E-state index contributed by atoms with van der Waals surface area (Å²) in [5.74, 6) is -0.0366. The number of aromatic nitrogens is 1. The van der Waals surface area contributed by atoms with Gasteiger partial charge in [0.1, 0.15) is 4.88 Å². The van der Waals surface area contributed by atoms with E-state index in [4.69, 9.17) is 4.74 Å². The molecule has 1 amide bonds. The Morgan fingerprint density at radius 1 is 1.80 bits per heavy atom. The van der Waals surface area contributed by atoms with Crippen molar-refractivity contribution in [3.8, 4) is 0 Å². The number of aryl methyl sites for hydroxylation is 1. The third kappa shape index (κ3) is 2.54. The molecule has 0 unspecified atom stereocenters. The van der Waals surface area contributed by atoms with Gasteiger partial charge in [-0.15, -0.1) is 11.3 Å². The molecule has 1 aromatic heterocycles. The van der Waals surface area contributed by atoms with E-state index in [0.29, 0.717) is 11.4 Å². The largest absolute Gasteiger partial charge is 0.376 e. The second-order valence-corrected chi connectivity index (χ2v) is 4.47. The summed E-state index contributed by atoms with van der Waals surface area (Å²) in [6, 6.07) is 0. The van der Waals surface area contributed by atoms with Crippen LogP contribution >= 0.6 is 11.3 Å². The van der Waals surface area contributed by atoms with E-state index in [1.165, 1.54) is 11.3 Å². The zero-order chi connectivity index (χ0) is 10.7. The standard InChI is InChI=1S/C10H14N2O2S/c1-7-9(15-6-12-7)10(13)11-5-8-3-2-4-14-8/h6,8H,2-5H2,1H3,(H,11,13)/t8-/m0/s1. The SMILES string of the molecule is Cc1ncsc1C(=O)NC[C@@H]1CCCO1. The van der Waals surface area contributed by atoms with Crippen LogP contribution in [0.4, 0.5) is 0 Å². The number of carbonyl (C=O) groups excluding carboxylic acids is 1. The fourth-order valence-electron chi connectivity index (χ4n) is 1.61. The maximum Gasteiger partial charge on any atom is 0.263 e. The first kappa shape index (κ1) is 10.6. The average Bonchev–Trinajstić information content (AvgIpc) is 2.84. The second-order valence-electron chi connectivity index (χ2n) is 3.61. The third-order valence-electron chi connectivity index (χ3n) is 2.47. The Balaban J connectivity index is 1.84. The predicted molar refractivity (Wildman–Crippen MR) is 58.2 cm³/mol. The Kier molecular flexibility index (Phi) is 3.33. The van der Waals surface area contributed by atoms with Gasteiger partial charge in [-0.25, -0.2) is 4.98 Å². The van der Waals surface area contributed by atoms with Crippen molar-refractivity contribution in [2.45, 2.75) is 25.9 Å². The first-order valence-corrected chi connectivity index (χ1v) is 5.95. The van der Waals surface area contributed by atoms with Crippen LogP contribution in [-0.2, 0) is 4.74 Å². The molecule has 2 rings (SSSR count). The normalized spacial score (nSPS) is 20.5. The monoisotopic (exact) mass is 226 g/mol. The highest BCUT2D eigenvalue weighted by Gasteiger charge is 2.17. The highest BCUT2D eigenvalue weighted by molar-refractivity contribution is 7.11. The summed E-state index contributed by atoms with van der Waals surface area (Å²) < 4.78 is 5.42. The number of hydrogen-bond donors (Lipinski definition) is 1. The van der Waals surface area contributed by atoms with E-state index in [0.717, 1.165) is 25.1 Å². The molecule has 4 nitrogen and oxygen atoms in total. The zero-order valence-electron chi connectivity index (χ0n) is 8.66. The Hall–Kier alpha value is -0.940. The van der Waals surface area contributed by atoms with E-state index in [1.54, 1.807) is 5.51 Å². The first-order valence-electron chi connectivity index (χ1n) is 5.07. The number of ether oxygens (including phenoxy) is 1. The molecule has 1 aliphatic rings. The molecule has 1 aliphatic heterocycles. The van der Waals surface area contributed by atoms with Gasteiger partial charge < -0.3 is 10.1 Å². The van der Waals surface area contributed by atoms with Crippen LogP contribution < -0.4 is 5.32 Å². The van der Waals surface area contributed by atoms with Crippen molar-refractivity contribution in [1.82, 2.24) is 10.3 Å². The summed E-state index contributed by atoms with van der Waals surface area (Å²) >= 11 is 1.38. The summed E-state index contributed by atoms with van der Waals surface area (Å²) in [5, 5.41) is 2.87. The van der Waals surface area contributed by atoms with Gasteiger partial charge in [-0.2, -0.15) is 0 Å². The van der Waals surface area contributed by atoms with Crippen LogP contribution in [0, 0.1) is 6.92 Å². The van der Waals surface area contributed by atoms with Crippen molar-refractivity contribution in [2.24, 2.45) is 0 Å².